The second kappa shape index (κ2) is 5.91. The minimum absolute atomic E-state index is 0.367. The van der Waals surface area contributed by atoms with Gasteiger partial charge in [0.2, 0.25) is 11.7 Å². The first-order valence-corrected chi connectivity index (χ1v) is 7.54. The number of nitrogens with zero attached hydrogens (tertiary/aromatic N) is 3. The standard InChI is InChI=1S/C15H15BrN4O/c1-9(2)17-8-13-19-15(20-21-13)14-11(16)7-10-5-3-4-6-12(10)18-14/h3-7,9,17H,8H2,1-2H3. The van der Waals surface area contributed by atoms with E-state index in [2.05, 4.69) is 50.2 Å². The molecule has 0 bridgehead atoms. The molecule has 1 N–H and O–H groups in total. The van der Waals surface area contributed by atoms with Crippen molar-refractivity contribution in [3.8, 4) is 11.5 Å². The summed E-state index contributed by atoms with van der Waals surface area (Å²) in [7, 11) is 0. The van der Waals surface area contributed by atoms with Gasteiger partial charge in [0.1, 0.15) is 5.69 Å². The van der Waals surface area contributed by atoms with Crippen molar-refractivity contribution in [1.82, 2.24) is 20.4 Å². The van der Waals surface area contributed by atoms with Crippen LogP contribution < -0.4 is 5.32 Å². The van der Waals surface area contributed by atoms with Crippen molar-refractivity contribution in [2.45, 2.75) is 26.4 Å². The summed E-state index contributed by atoms with van der Waals surface area (Å²) in [5.74, 6) is 1.05. The van der Waals surface area contributed by atoms with E-state index in [1.165, 1.54) is 0 Å². The Balaban J connectivity index is 1.94. The first kappa shape index (κ1) is 14.2. The lowest BCUT2D eigenvalue weighted by Crippen LogP contribution is -2.21. The number of rotatable bonds is 4. The zero-order valence-corrected chi connectivity index (χ0v) is 13.4. The number of hydrogen-bond acceptors (Lipinski definition) is 5. The van der Waals surface area contributed by atoms with Crippen LogP contribution in [-0.2, 0) is 6.54 Å². The lowest BCUT2D eigenvalue weighted by Gasteiger charge is -2.03. The molecular formula is C15H15BrN4O. The van der Waals surface area contributed by atoms with Crippen LogP contribution in [-0.4, -0.2) is 21.2 Å². The summed E-state index contributed by atoms with van der Waals surface area (Å²) >= 11 is 3.53. The van der Waals surface area contributed by atoms with Gasteiger partial charge in [-0.25, -0.2) is 4.98 Å². The molecule has 0 amide bonds. The Bertz CT molecular complexity index is 769. The summed E-state index contributed by atoms with van der Waals surface area (Å²) in [5.41, 5.74) is 1.59. The highest BCUT2D eigenvalue weighted by atomic mass is 79.9. The Hall–Kier alpha value is -1.79. The number of fused-ring (bicyclic) bond motifs is 1. The maximum Gasteiger partial charge on any atom is 0.240 e. The van der Waals surface area contributed by atoms with Gasteiger partial charge in [-0.3, -0.25) is 0 Å². The van der Waals surface area contributed by atoms with Crippen LogP contribution in [0.4, 0.5) is 0 Å². The van der Waals surface area contributed by atoms with E-state index in [1.54, 1.807) is 0 Å². The van der Waals surface area contributed by atoms with Crippen LogP contribution in [0, 0.1) is 0 Å². The van der Waals surface area contributed by atoms with Crippen LogP contribution in [0.1, 0.15) is 19.7 Å². The van der Waals surface area contributed by atoms with E-state index >= 15 is 0 Å². The second-order valence-electron chi connectivity index (χ2n) is 5.06. The minimum atomic E-state index is 0.367. The van der Waals surface area contributed by atoms with E-state index in [0.717, 1.165) is 15.4 Å². The lowest BCUT2D eigenvalue weighted by molar-refractivity contribution is 0.362. The summed E-state index contributed by atoms with van der Waals surface area (Å²) in [6, 6.07) is 10.3. The zero-order chi connectivity index (χ0) is 14.8. The van der Waals surface area contributed by atoms with Crippen molar-refractivity contribution in [2.24, 2.45) is 0 Å². The smallest absolute Gasteiger partial charge is 0.240 e. The summed E-state index contributed by atoms with van der Waals surface area (Å²) in [4.78, 5) is 8.99. The molecule has 0 radical (unpaired) electrons. The van der Waals surface area contributed by atoms with Crippen molar-refractivity contribution < 1.29 is 4.52 Å². The SMILES string of the molecule is CC(C)NCc1nc(-c2nc3ccccc3cc2Br)no1. The van der Waals surface area contributed by atoms with Gasteiger partial charge in [0.15, 0.2) is 0 Å². The van der Waals surface area contributed by atoms with Crippen LogP contribution >= 0.6 is 15.9 Å². The summed E-state index contributed by atoms with van der Waals surface area (Å²) in [6.45, 7) is 4.69. The van der Waals surface area contributed by atoms with E-state index in [0.29, 0.717) is 30.0 Å². The highest BCUT2D eigenvalue weighted by Gasteiger charge is 2.14. The van der Waals surface area contributed by atoms with Crippen molar-refractivity contribution >= 4 is 26.8 Å². The number of aromatic nitrogens is 3. The Morgan fingerprint density at radius 2 is 2.05 bits per heavy atom. The lowest BCUT2D eigenvalue weighted by atomic mass is 10.2. The highest BCUT2D eigenvalue weighted by Crippen LogP contribution is 2.27. The summed E-state index contributed by atoms with van der Waals surface area (Å²) in [6.07, 6.45) is 0. The van der Waals surface area contributed by atoms with E-state index in [1.807, 2.05) is 30.3 Å². The van der Waals surface area contributed by atoms with Crippen molar-refractivity contribution in [3.63, 3.8) is 0 Å². The monoisotopic (exact) mass is 346 g/mol. The fraction of sp³-hybridized carbons (Fsp3) is 0.267. The number of hydrogen-bond donors (Lipinski definition) is 1. The van der Waals surface area contributed by atoms with Gasteiger partial charge >= 0.3 is 0 Å². The summed E-state index contributed by atoms with van der Waals surface area (Å²) in [5, 5.41) is 8.32. The Morgan fingerprint density at radius 1 is 1.24 bits per heavy atom. The van der Waals surface area contributed by atoms with E-state index < -0.39 is 0 Å². The average Bonchev–Trinajstić information content (AvgIpc) is 2.93. The normalized spacial score (nSPS) is 11.4. The van der Waals surface area contributed by atoms with Crippen LogP contribution in [0.15, 0.2) is 39.3 Å². The molecule has 2 aromatic heterocycles. The van der Waals surface area contributed by atoms with Gasteiger partial charge in [0, 0.05) is 15.9 Å². The van der Waals surface area contributed by atoms with Crippen LogP contribution in [0.3, 0.4) is 0 Å². The third-order valence-corrected chi connectivity index (χ3v) is 3.62. The molecule has 2 heterocycles. The largest absolute Gasteiger partial charge is 0.337 e. The molecule has 0 fully saturated rings. The number of para-hydroxylation sites is 1. The molecule has 0 aliphatic rings. The van der Waals surface area contributed by atoms with Gasteiger partial charge in [-0.15, -0.1) is 0 Å². The molecule has 0 aliphatic carbocycles. The molecule has 3 aromatic rings. The van der Waals surface area contributed by atoms with E-state index in [-0.39, 0.29) is 0 Å². The minimum Gasteiger partial charge on any atom is -0.337 e. The van der Waals surface area contributed by atoms with Crippen molar-refractivity contribution in [3.05, 3.63) is 40.7 Å². The molecular weight excluding hydrogens is 332 g/mol. The topological polar surface area (TPSA) is 63.8 Å². The zero-order valence-electron chi connectivity index (χ0n) is 11.8. The fourth-order valence-corrected chi connectivity index (χ4v) is 2.47. The van der Waals surface area contributed by atoms with Crippen LogP contribution in [0.25, 0.3) is 22.4 Å². The van der Waals surface area contributed by atoms with Gasteiger partial charge in [-0.05, 0) is 28.1 Å². The third-order valence-electron chi connectivity index (χ3n) is 3.02. The molecule has 0 spiro atoms. The van der Waals surface area contributed by atoms with Gasteiger partial charge in [0.05, 0.1) is 12.1 Å². The number of benzene rings is 1. The van der Waals surface area contributed by atoms with Crippen LogP contribution in [0.5, 0.6) is 0 Å². The maximum atomic E-state index is 5.25. The van der Waals surface area contributed by atoms with Gasteiger partial charge < -0.3 is 9.84 Å². The Kier molecular flexibility index (Phi) is 3.98. The van der Waals surface area contributed by atoms with Gasteiger partial charge in [-0.1, -0.05) is 37.2 Å². The summed E-state index contributed by atoms with van der Waals surface area (Å²) < 4.78 is 6.10. The maximum absolute atomic E-state index is 5.25. The molecule has 21 heavy (non-hydrogen) atoms. The average molecular weight is 347 g/mol. The Morgan fingerprint density at radius 3 is 2.86 bits per heavy atom. The molecule has 0 saturated carbocycles. The van der Waals surface area contributed by atoms with Crippen molar-refractivity contribution in [1.29, 1.82) is 0 Å². The number of pyridine rings is 1. The predicted molar refractivity (Wildman–Crippen MR) is 84.7 cm³/mol. The number of halogens is 1. The fourth-order valence-electron chi connectivity index (χ4n) is 1.96. The molecule has 5 nitrogen and oxygen atoms in total. The highest BCUT2D eigenvalue weighted by molar-refractivity contribution is 9.10. The quantitative estimate of drug-likeness (QED) is 0.782. The second-order valence-corrected chi connectivity index (χ2v) is 5.91. The van der Waals surface area contributed by atoms with E-state index in [4.69, 9.17) is 4.52 Å². The molecule has 0 saturated heterocycles. The molecule has 0 atom stereocenters. The molecule has 1 aromatic carbocycles. The third kappa shape index (κ3) is 3.11. The van der Waals surface area contributed by atoms with Crippen LogP contribution in [0.2, 0.25) is 0 Å². The number of nitrogens with one attached hydrogen (secondary N) is 1. The molecule has 108 valence electrons. The van der Waals surface area contributed by atoms with E-state index in [9.17, 15) is 0 Å². The first-order valence-electron chi connectivity index (χ1n) is 6.75. The van der Waals surface area contributed by atoms with Crippen molar-refractivity contribution in [2.75, 3.05) is 0 Å². The predicted octanol–water partition coefficient (Wildman–Crippen LogP) is 3.55. The molecule has 6 heteroatoms. The molecule has 0 unspecified atom stereocenters. The molecule has 3 rings (SSSR count). The van der Waals surface area contributed by atoms with Gasteiger partial charge in [-0.2, -0.15) is 4.98 Å². The first-order chi connectivity index (χ1) is 10.1. The molecule has 0 aliphatic heterocycles. The van der Waals surface area contributed by atoms with Gasteiger partial charge in [0.25, 0.3) is 0 Å². The Labute approximate surface area is 130 Å².